The lowest BCUT2D eigenvalue weighted by Crippen LogP contribution is -2.44. The molecule has 118 valence electrons. The lowest BCUT2D eigenvalue weighted by Gasteiger charge is -2.35. The molecule has 0 radical (unpaired) electrons. The van der Waals surface area contributed by atoms with E-state index in [0.717, 1.165) is 19.3 Å². The van der Waals surface area contributed by atoms with Crippen molar-refractivity contribution in [1.82, 2.24) is 4.90 Å². The summed E-state index contributed by atoms with van der Waals surface area (Å²) >= 11 is 11.9. The van der Waals surface area contributed by atoms with Gasteiger partial charge in [0, 0.05) is 23.4 Å². The lowest BCUT2D eigenvalue weighted by molar-refractivity contribution is -0.379. The average molecular weight is 349 g/mol. The van der Waals surface area contributed by atoms with Crippen LogP contribution in [0.2, 0.25) is 10.0 Å². The third-order valence-electron chi connectivity index (χ3n) is 4.71. The van der Waals surface area contributed by atoms with E-state index in [9.17, 15) is 4.79 Å². The highest BCUT2D eigenvalue weighted by atomic mass is 35.5. The smallest absolute Gasteiger partial charge is 0.314 e. The zero-order valence-electron chi connectivity index (χ0n) is 12.4. The number of carbonyl (C=O) groups excluding carboxylic acids is 1. The number of aromatic nitrogens is 1. The highest BCUT2D eigenvalue weighted by molar-refractivity contribution is 6.42. The summed E-state index contributed by atoms with van der Waals surface area (Å²) < 4.78 is 0. The normalized spacial score (nSPS) is 21.9. The number of carbonyl (C=O) groups is 1. The summed E-state index contributed by atoms with van der Waals surface area (Å²) in [5, 5.41) is 3.86. The van der Waals surface area contributed by atoms with E-state index in [2.05, 4.69) is 22.6 Å². The summed E-state index contributed by atoms with van der Waals surface area (Å²) in [6.45, 7) is 0. The number of anilines is 1. The predicted molar refractivity (Wildman–Crippen MR) is 89.8 cm³/mol. The van der Waals surface area contributed by atoms with Crippen molar-refractivity contribution in [2.75, 3.05) is 5.32 Å². The molecule has 2 aliphatic rings. The van der Waals surface area contributed by atoms with Gasteiger partial charge in [-0.25, -0.2) is 9.78 Å². The topological polar surface area (TPSA) is 46.5 Å². The number of fused-ring (bicyclic) bond motifs is 4. The first-order valence-electron chi connectivity index (χ1n) is 7.67. The lowest BCUT2D eigenvalue weighted by atomic mass is 9.95. The number of rotatable bonds is 1. The molecular formula is C17H16Cl2N3O+. The van der Waals surface area contributed by atoms with Crippen molar-refractivity contribution in [2.45, 2.75) is 31.3 Å². The third-order valence-corrected chi connectivity index (χ3v) is 5.45. The van der Waals surface area contributed by atoms with E-state index in [4.69, 9.17) is 23.2 Å². The van der Waals surface area contributed by atoms with Gasteiger partial charge in [0.1, 0.15) is 0 Å². The van der Waals surface area contributed by atoms with Gasteiger partial charge in [0.15, 0.2) is 12.4 Å². The van der Waals surface area contributed by atoms with Gasteiger partial charge in [0.25, 0.3) is 0 Å². The fourth-order valence-electron chi connectivity index (χ4n) is 3.69. The number of urea groups is 1. The van der Waals surface area contributed by atoms with Crippen LogP contribution in [-0.4, -0.2) is 17.0 Å². The molecule has 1 fully saturated rings. The fraction of sp³-hybridized carbons (Fsp3) is 0.294. The molecule has 2 aromatic rings. The van der Waals surface area contributed by atoms with Crippen LogP contribution >= 0.6 is 23.2 Å². The summed E-state index contributed by atoms with van der Waals surface area (Å²) in [6.07, 6.45) is 6.92. The van der Waals surface area contributed by atoms with Gasteiger partial charge in [0.05, 0.1) is 16.1 Å². The molecule has 0 spiro atoms. The molecule has 2 atom stereocenters. The van der Waals surface area contributed by atoms with Gasteiger partial charge in [-0.15, -0.1) is 0 Å². The van der Waals surface area contributed by atoms with Gasteiger partial charge in [-0.3, -0.25) is 0 Å². The molecule has 1 aromatic carbocycles. The van der Waals surface area contributed by atoms with Crippen LogP contribution in [0.3, 0.4) is 0 Å². The minimum Gasteiger partial charge on any atom is -0.314 e. The first-order valence-corrected chi connectivity index (χ1v) is 8.42. The van der Waals surface area contributed by atoms with E-state index >= 15 is 0 Å². The van der Waals surface area contributed by atoms with Crippen molar-refractivity contribution in [3.05, 3.63) is 57.8 Å². The van der Waals surface area contributed by atoms with Crippen LogP contribution in [0.15, 0.2) is 36.7 Å². The molecule has 1 aromatic heterocycles. The summed E-state index contributed by atoms with van der Waals surface area (Å²) in [6, 6.07) is 7.55. The maximum Gasteiger partial charge on any atom is 0.322 e. The van der Waals surface area contributed by atoms with E-state index in [1.807, 2.05) is 11.1 Å². The number of H-pyrrole nitrogens is 1. The number of nitrogens with one attached hydrogen (secondary N) is 2. The Morgan fingerprint density at radius 3 is 2.91 bits per heavy atom. The Balaban J connectivity index is 1.59. The minimum absolute atomic E-state index is 0.0747. The highest BCUT2D eigenvalue weighted by Crippen LogP contribution is 2.43. The van der Waals surface area contributed by atoms with Crippen LogP contribution in [0.1, 0.15) is 30.0 Å². The van der Waals surface area contributed by atoms with E-state index in [0.29, 0.717) is 15.7 Å². The molecule has 4 nitrogen and oxygen atoms in total. The molecule has 4 rings (SSSR count). The van der Waals surface area contributed by atoms with Crippen LogP contribution < -0.4 is 10.3 Å². The standard InChI is InChI=1S/C17H15Cl2N3O/c18-14-3-1-11(8-15(14)19)21-17(23)22-12-2-4-16(22)13-5-6-20-9-10(13)7-12/h1,3,5-6,8-9,12,16H,2,4,7H2,(H,21,23)/p+1/t12-,16+/m0/s1. The van der Waals surface area contributed by atoms with Gasteiger partial charge in [-0.1, -0.05) is 23.2 Å². The Kier molecular flexibility index (Phi) is 3.66. The number of nitrogens with zero attached hydrogens (tertiary/aromatic N) is 1. The van der Waals surface area contributed by atoms with Crippen LogP contribution in [0.25, 0.3) is 0 Å². The largest absolute Gasteiger partial charge is 0.322 e. The summed E-state index contributed by atoms with van der Waals surface area (Å²) in [5.41, 5.74) is 3.23. The Bertz CT molecular complexity index is 780. The van der Waals surface area contributed by atoms with Crippen molar-refractivity contribution in [1.29, 1.82) is 0 Å². The molecule has 0 saturated carbocycles. The Labute approximate surface area is 144 Å². The van der Waals surface area contributed by atoms with Crippen LogP contribution in [-0.2, 0) is 6.42 Å². The molecular weight excluding hydrogens is 333 g/mol. The highest BCUT2D eigenvalue weighted by Gasteiger charge is 2.43. The van der Waals surface area contributed by atoms with Crippen molar-refractivity contribution in [3.63, 3.8) is 0 Å². The molecule has 2 aliphatic heterocycles. The maximum atomic E-state index is 12.8. The quantitative estimate of drug-likeness (QED) is 0.828. The molecule has 2 N–H and O–H groups in total. The SMILES string of the molecule is O=C(Nc1ccc(Cl)c(Cl)c1)N1[C@H]2CC[C@@H]1c1cc[nH+]cc1C2. The molecule has 0 aliphatic carbocycles. The summed E-state index contributed by atoms with van der Waals surface area (Å²) in [7, 11) is 0. The van der Waals surface area contributed by atoms with Crippen LogP contribution in [0, 0.1) is 0 Å². The second-order valence-electron chi connectivity index (χ2n) is 6.04. The van der Waals surface area contributed by atoms with Gasteiger partial charge >= 0.3 is 6.03 Å². The number of benzene rings is 1. The number of aromatic amines is 1. The second kappa shape index (κ2) is 5.69. The molecule has 2 amide bonds. The van der Waals surface area contributed by atoms with E-state index < -0.39 is 0 Å². The van der Waals surface area contributed by atoms with E-state index in [1.54, 1.807) is 18.2 Å². The molecule has 0 unspecified atom stereocenters. The average Bonchev–Trinajstić information content (AvgIpc) is 2.86. The Morgan fingerprint density at radius 2 is 2.09 bits per heavy atom. The number of hydrogen-bond donors (Lipinski definition) is 1. The van der Waals surface area contributed by atoms with Crippen molar-refractivity contribution >= 4 is 34.9 Å². The molecule has 6 heteroatoms. The van der Waals surface area contributed by atoms with Gasteiger partial charge in [-0.05, 0) is 43.0 Å². The number of pyridine rings is 1. The van der Waals surface area contributed by atoms with E-state index in [-0.39, 0.29) is 18.1 Å². The predicted octanol–water partition coefficient (Wildman–Crippen LogP) is 4.10. The Hall–Kier alpha value is -1.78. The zero-order chi connectivity index (χ0) is 16.0. The Morgan fingerprint density at radius 1 is 1.22 bits per heavy atom. The third kappa shape index (κ3) is 2.56. The molecule has 2 bridgehead atoms. The van der Waals surface area contributed by atoms with E-state index in [1.165, 1.54) is 11.1 Å². The van der Waals surface area contributed by atoms with Crippen molar-refractivity contribution < 1.29 is 9.78 Å². The second-order valence-corrected chi connectivity index (χ2v) is 6.86. The molecule has 23 heavy (non-hydrogen) atoms. The summed E-state index contributed by atoms with van der Waals surface area (Å²) in [4.78, 5) is 17.9. The molecule has 1 saturated heterocycles. The minimum atomic E-state index is -0.0747. The number of hydrogen-bond acceptors (Lipinski definition) is 1. The first-order chi connectivity index (χ1) is 11.1. The first kappa shape index (κ1) is 14.8. The fourth-order valence-corrected chi connectivity index (χ4v) is 3.99. The van der Waals surface area contributed by atoms with Crippen molar-refractivity contribution in [3.8, 4) is 0 Å². The number of halogens is 2. The monoisotopic (exact) mass is 348 g/mol. The van der Waals surface area contributed by atoms with Crippen LogP contribution in [0.4, 0.5) is 10.5 Å². The van der Waals surface area contributed by atoms with Gasteiger partial charge in [-0.2, -0.15) is 0 Å². The maximum absolute atomic E-state index is 12.8. The van der Waals surface area contributed by atoms with Crippen LogP contribution in [0.5, 0.6) is 0 Å². The van der Waals surface area contributed by atoms with Gasteiger partial charge in [0.2, 0.25) is 0 Å². The van der Waals surface area contributed by atoms with Gasteiger partial charge < -0.3 is 10.2 Å². The van der Waals surface area contributed by atoms with Crippen molar-refractivity contribution in [2.24, 2.45) is 0 Å². The summed E-state index contributed by atoms with van der Waals surface area (Å²) in [5.74, 6) is 0. The molecule has 3 heterocycles. The number of amides is 2. The zero-order valence-corrected chi connectivity index (χ0v) is 13.9.